The topological polar surface area (TPSA) is 75.2 Å². The first-order chi connectivity index (χ1) is 12.5. The van der Waals surface area contributed by atoms with Gasteiger partial charge in [-0.15, -0.1) is 0 Å². The van der Waals surface area contributed by atoms with Crippen LogP contribution in [-0.4, -0.2) is 33.4 Å². The molecule has 0 aliphatic rings. The number of nitrogens with one attached hydrogen (secondary N) is 1. The Bertz CT molecular complexity index is 963. The Morgan fingerprint density at radius 1 is 1.19 bits per heavy atom. The molecule has 6 nitrogen and oxygen atoms in total. The van der Waals surface area contributed by atoms with Crippen LogP contribution in [0.1, 0.15) is 29.9 Å². The van der Waals surface area contributed by atoms with Gasteiger partial charge < -0.3 is 9.88 Å². The van der Waals surface area contributed by atoms with Crippen LogP contribution in [0.15, 0.2) is 27.8 Å². The minimum Gasteiger partial charge on any atom is -0.339 e. The molecule has 0 radical (unpaired) electrons. The van der Waals surface area contributed by atoms with Crippen LogP contribution < -0.4 is 11.2 Å². The number of hydrogen-bond donors (Lipinski definition) is 1. The van der Waals surface area contributed by atoms with Crippen LogP contribution in [0.3, 0.4) is 0 Å². The molecule has 1 amide bonds. The molecule has 11 heteroatoms. The predicted molar refractivity (Wildman–Crippen MR) is 89.9 cm³/mol. The average molecular weight is 408 g/mol. The summed E-state index contributed by atoms with van der Waals surface area (Å²) < 4.78 is 52.5. The van der Waals surface area contributed by atoms with Crippen molar-refractivity contribution in [1.82, 2.24) is 14.5 Å². The summed E-state index contributed by atoms with van der Waals surface area (Å²) in [6.07, 6.45) is -4.96. The van der Waals surface area contributed by atoms with Crippen LogP contribution in [0, 0.1) is 5.82 Å². The number of aromatic nitrogens is 2. The van der Waals surface area contributed by atoms with E-state index in [0.717, 1.165) is 12.1 Å². The zero-order chi connectivity index (χ0) is 20.5. The lowest BCUT2D eigenvalue weighted by Gasteiger charge is -2.20. The SMILES string of the molecule is CCN(CC)C(=O)c1cc(-n2c(=O)cc(C(F)(F)F)[nH]c2=O)c(F)cc1Cl. The third-order valence-corrected chi connectivity index (χ3v) is 4.11. The van der Waals surface area contributed by atoms with E-state index >= 15 is 0 Å². The molecular weight excluding hydrogens is 394 g/mol. The Morgan fingerprint density at radius 2 is 1.78 bits per heavy atom. The van der Waals surface area contributed by atoms with E-state index in [0.29, 0.717) is 13.1 Å². The number of rotatable bonds is 4. The molecule has 0 aliphatic heterocycles. The number of hydrogen-bond acceptors (Lipinski definition) is 3. The number of aromatic amines is 1. The summed E-state index contributed by atoms with van der Waals surface area (Å²) in [6, 6.07) is 1.71. The Kier molecular flexibility index (Phi) is 5.79. The monoisotopic (exact) mass is 407 g/mol. The van der Waals surface area contributed by atoms with Crippen molar-refractivity contribution < 1.29 is 22.4 Å². The Labute approximate surface area is 155 Å². The molecule has 1 N–H and O–H groups in total. The molecule has 1 heterocycles. The highest BCUT2D eigenvalue weighted by molar-refractivity contribution is 6.33. The molecule has 146 valence electrons. The fraction of sp³-hybridized carbons (Fsp3) is 0.312. The maximum atomic E-state index is 14.3. The molecule has 0 atom stereocenters. The standard InChI is InChI=1S/C16H14ClF4N3O3/c1-3-23(4-2)14(26)8-5-11(10(18)6-9(8)17)24-13(25)7-12(16(19,20)21)22-15(24)27/h5-7H,3-4H2,1-2H3,(H,22,27). The number of H-pyrrole nitrogens is 1. The minimum atomic E-state index is -4.96. The lowest BCUT2D eigenvalue weighted by Crippen LogP contribution is -2.37. The van der Waals surface area contributed by atoms with Gasteiger partial charge in [0.05, 0.1) is 16.3 Å². The van der Waals surface area contributed by atoms with Crippen molar-refractivity contribution in [3.63, 3.8) is 0 Å². The molecule has 0 aliphatic carbocycles. The Morgan fingerprint density at radius 3 is 2.26 bits per heavy atom. The molecule has 0 saturated carbocycles. The summed E-state index contributed by atoms with van der Waals surface area (Å²) in [6.45, 7) is 4.04. The average Bonchev–Trinajstić information content (AvgIpc) is 2.56. The molecule has 0 spiro atoms. The van der Waals surface area contributed by atoms with Gasteiger partial charge >= 0.3 is 11.9 Å². The number of benzene rings is 1. The zero-order valence-electron chi connectivity index (χ0n) is 14.2. The molecule has 1 aromatic carbocycles. The van der Waals surface area contributed by atoms with Crippen LogP contribution in [-0.2, 0) is 6.18 Å². The fourth-order valence-electron chi connectivity index (χ4n) is 2.43. The number of nitrogens with zero attached hydrogens (tertiary/aromatic N) is 2. The van der Waals surface area contributed by atoms with Gasteiger partial charge in [0.1, 0.15) is 11.5 Å². The summed E-state index contributed by atoms with van der Waals surface area (Å²) in [7, 11) is 0. The van der Waals surface area contributed by atoms with Crippen LogP contribution in [0.25, 0.3) is 5.69 Å². The molecule has 0 fully saturated rings. The first-order valence-corrected chi connectivity index (χ1v) is 8.11. The highest BCUT2D eigenvalue weighted by Crippen LogP contribution is 2.26. The summed E-state index contributed by atoms with van der Waals surface area (Å²) in [4.78, 5) is 39.3. The fourth-order valence-corrected chi connectivity index (χ4v) is 2.66. The van der Waals surface area contributed by atoms with Gasteiger partial charge in [-0.1, -0.05) is 11.6 Å². The van der Waals surface area contributed by atoms with Crippen molar-refractivity contribution in [1.29, 1.82) is 0 Å². The largest absolute Gasteiger partial charge is 0.431 e. The van der Waals surface area contributed by atoms with E-state index in [1.54, 1.807) is 13.8 Å². The van der Waals surface area contributed by atoms with Crippen LogP contribution in [0.4, 0.5) is 17.6 Å². The van der Waals surface area contributed by atoms with Gasteiger partial charge in [-0.2, -0.15) is 13.2 Å². The third kappa shape index (κ3) is 4.05. The van der Waals surface area contributed by atoms with E-state index < -0.39 is 40.5 Å². The summed E-state index contributed by atoms with van der Waals surface area (Å²) in [5.74, 6) is -1.73. The second kappa shape index (κ2) is 7.55. The quantitative estimate of drug-likeness (QED) is 0.792. The van der Waals surface area contributed by atoms with Crippen molar-refractivity contribution in [2.24, 2.45) is 0 Å². The maximum Gasteiger partial charge on any atom is 0.431 e. The van der Waals surface area contributed by atoms with Crippen molar-refractivity contribution in [2.75, 3.05) is 13.1 Å². The molecule has 2 rings (SSSR count). The Balaban J connectivity index is 2.71. The first-order valence-electron chi connectivity index (χ1n) is 7.73. The minimum absolute atomic E-state index is 0.126. The summed E-state index contributed by atoms with van der Waals surface area (Å²) >= 11 is 5.90. The van der Waals surface area contributed by atoms with Gasteiger partial charge in [0.15, 0.2) is 0 Å². The number of amides is 1. The van der Waals surface area contributed by atoms with Gasteiger partial charge in [0.25, 0.3) is 11.5 Å². The van der Waals surface area contributed by atoms with E-state index in [4.69, 9.17) is 11.6 Å². The Hall–Kier alpha value is -2.62. The van der Waals surface area contributed by atoms with Crippen LogP contribution in [0.5, 0.6) is 0 Å². The van der Waals surface area contributed by atoms with Crippen LogP contribution in [0.2, 0.25) is 5.02 Å². The highest BCUT2D eigenvalue weighted by Gasteiger charge is 2.33. The lowest BCUT2D eigenvalue weighted by atomic mass is 10.1. The second-order valence-electron chi connectivity index (χ2n) is 5.42. The van der Waals surface area contributed by atoms with E-state index in [9.17, 15) is 31.9 Å². The maximum absolute atomic E-state index is 14.3. The van der Waals surface area contributed by atoms with E-state index in [2.05, 4.69) is 0 Å². The molecule has 0 saturated heterocycles. The second-order valence-corrected chi connectivity index (χ2v) is 5.83. The third-order valence-electron chi connectivity index (χ3n) is 3.80. The van der Waals surface area contributed by atoms with Gasteiger partial charge in [-0.3, -0.25) is 9.59 Å². The number of carbonyl (C=O) groups excluding carboxylic acids is 1. The van der Waals surface area contributed by atoms with Crippen LogP contribution >= 0.6 is 11.6 Å². The van der Waals surface area contributed by atoms with Crippen molar-refractivity contribution in [2.45, 2.75) is 20.0 Å². The first kappa shape index (κ1) is 20.7. The van der Waals surface area contributed by atoms with E-state index in [-0.39, 0.29) is 21.2 Å². The molecule has 0 unspecified atom stereocenters. The van der Waals surface area contributed by atoms with Gasteiger partial charge in [0, 0.05) is 19.2 Å². The molecular formula is C16H14ClF4N3O3. The van der Waals surface area contributed by atoms with Crippen molar-refractivity contribution >= 4 is 17.5 Å². The van der Waals surface area contributed by atoms with Crippen molar-refractivity contribution in [3.05, 3.63) is 61.1 Å². The molecule has 0 bridgehead atoms. The lowest BCUT2D eigenvalue weighted by molar-refractivity contribution is -0.141. The molecule has 1 aromatic heterocycles. The van der Waals surface area contributed by atoms with E-state index in [1.807, 2.05) is 0 Å². The summed E-state index contributed by atoms with van der Waals surface area (Å²) in [5, 5.41) is -0.260. The zero-order valence-corrected chi connectivity index (χ0v) is 14.9. The van der Waals surface area contributed by atoms with Gasteiger partial charge in [-0.05, 0) is 26.0 Å². The number of carbonyl (C=O) groups is 1. The smallest absolute Gasteiger partial charge is 0.339 e. The predicted octanol–water partition coefficient (Wildman–Crippen LogP) is 2.82. The highest BCUT2D eigenvalue weighted by atomic mass is 35.5. The van der Waals surface area contributed by atoms with Crippen molar-refractivity contribution in [3.8, 4) is 5.69 Å². The molecule has 2 aromatic rings. The number of alkyl halides is 3. The normalized spacial score (nSPS) is 11.5. The van der Waals surface area contributed by atoms with Gasteiger partial charge in [0.2, 0.25) is 0 Å². The van der Waals surface area contributed by atoms with Gasteiger partial charge in [-0.25, -0.2) is 13.8 Å². The molecule has 27 heavy (non-hydrogen) atoms. The number of halogens is 5. The van der Waals surface area contributed by atoms with E-state index in [1.165, 1.54) is 9.88 Å². The summed E-state index contributed by atoms with van der Waals surface area (Å²) in [5.41, 5.74) is -5.36.